The van der Waals surface area contributed by atoms with Crippen LogP contribution in [0.15, 0.2) is 24.3 Å². The average Bonchev–Trinajstić information content (AvgIpc) is 2.63. The molecule has 0 aliphatic carbocycles. The van der Waals surface area contributed by atoms with Gasteiger partial charge in [-0.3, -0.25) is 0 Å². The van der Waals surface area contributed by atoms with E-state index in [-0.39, 0.29) is 6.10 Å². The zero-order chi connectivity index (χ0) is 11.6. The van der Waals surface area contributed by atoms with Gasteiger partial charge >= 0.3 is 0 Å². The summed E-state index contributed by atoms with van der Waals surface area (Å²) in [6.07, 6.45) is 0.262. The highest BCUT2D eigenvalue weighted by Crippen LogP contribution is 2.34. The van der Waals surface area contributed by atoms with Gasteiger partial charge in [-0.1, -0.05) is 29.8 Å². The van der Waals surface area contributed by atoms with E-state index in [1.54, 1.807) is 0 Å². The highest BCUT2D eigenvalue weighted by Gasteiger charge is 2.38. The van der Waals surface area contributed by atoms with E-state index < -0.39 is 5.79 Å². The van der Waals surface area contributed by atoms with Crippen LogP contribution in [0.5, 0.6) is 0 Å². The van der Waals surface area contributed by atoms with E-state index in [1.807, 2.05) is 38.1 Å². The molecule has 3 nitrogen and oxygen atoms in total. The molecule has 2 atom stereocenters. The molecule has 84 valence electrons. The van der Waals surface area contributed by atoms with Gasteiger partial charge in [0.05, 0.1) is 25.2 Å². The van der Waals surface area contributed by atoms with Gasteiger partial charge in [0.15, 0.2) is 5.79 Å². The van der Waals surface area contributed by atoms with Crippen molar-refractivity contribution in [3.05, 3.63) is 35.4 Å². The van der Waals surface area contributed by atoms with E-state index in [2.05, 4.69) is 6.07 Å². The fourth-order valence-electron chi connectivity index (χ4n) is 1.85. The molecule has 3 heteroatoms. The SMILES string of the molecule is Cc1ccc(C2(C)OCC(CC#N)O2)cc1. The molecule has 2 unspecified atom stereocenters. The summed E-state index contributed by atoms with van der Waals surface area (Å²) in [7, 11) is 0. The number of hydrogen-bond donors (Lipinski definition) is 0. The topological polar surface area (TPSA) is 42.2 Å². The van der Waals surface area contributed by atoms with E-state index in [0.29, 0.717) is 13.0 Å². The van der Waals surface area contributed by atoms with Gasteiger partial charge in [-0.2, -0.15) is 5.26 Å². The van der Waals surface area contributed by atoms with Crippen LogP contribution in [0.1, 0.15) is 24.5 Å². The molecule has 1 aromatic carbocycles. The van der Waals surface area contributed by atoms with Crippen molar-refractivity contribution in [2.75, 3.05) is 6.61 Å². The van der Waals surface area contributed by atoms with E-state index in [9.17, 15) is 0 Å². The minimum atomic E-state index is -0.699. The minimum Gasteiger partial charge on any atom is -0.343 e. The molecule has 0 spiro atoms. The maximum atomic E-state index is 8.62. The van der Waals surface area contributed by atoms with Gasteiger partial charge < -0.3 is 9.47 Å². The lowest BCUT2D eigenvalue weighted by molar-refractivity contribution is -0.161. The fourth-order valence-corrected chi connectivity index (χ4v) is 1.85. The number of aryl methyl sites for hydroxylation is 1. The third-order valence-corrected chi connectivity index (χ3v) is 2.83. The third kappa shape index (κ3) is 2.08. The van der Waals surface area contributed by atoms with Gasteiger partial charge in [-0.25, -0.2) is 0 Å². The van der Waals surface area contributed by atoms with Crippen molar-refractivity contribution in [3.8, 4) is 6.07 Å². The first-order chi connectivity index (χ1) is 7.64. The van der Waals surface area contributed by atoms with Crippen LogP contribution in [0.4, 0.5) is 0 Å². The first-order valence-electron chi connectivity index (χ1n) is 5.40. The van der Waals surface area contributed by atoms with Crippen LogP contribution >= 0.6 is 0 Å². The van der Waals surface area contributed by atoms with Gasteiger partial charge in [-0.05, 0) is 13.8 Å². The lowest BCUT2D eigenvalue weighted by atomic mass is 10.1. The standard InChI is InChI=1S/C13H15NO2/c1-10-3-5-11(6-4-10)13(2)15-9-12(16-13)7-8-14/h3-6,12H,7,9H2,1-2H3. The molecule has 0 bridgehead atoms. The predicted octanol–water partition coefficient (Wildman–Crippen LogP) is 2.50. The highest BCUT2D eigenvalue weighted by molar-refractivity contribution is 5.25. The Balaban J connectivity index is 2.15. The summed E-state index contributed by atoms with van der Waals surface area (Å²) >= 11 is 0. The molecule has 16 heavy (non-hydrogen) atoms. The number of nitrogens with zero attached hydrogens (tertiary/aromatic N) is 1. The molecule has 0 saturated carbocycles. The first kappa shape index (κ1) is 11.1. The van der Waals surface area contributed by atoms with Crippen LogP contribution in [-0.4, -0.2) is 12.7 Å². The van der Waals surface area contributed by atoms with Crippen LogP contribution < -0.4 is 0 Å². The molecule has 1 saturated heterocycles. The first-order valence-corrected chi connectivity index (χ1v) is 5.40. The Bertz CT molecular complexity index is 407. The molecule has 1 heterocycles. The predicted molar refractivity (Wildman–Crippen MR) is 59.6 cm³/mol. The van der Waals surface area contributed by atoms with Gasteiger partial charge in [0.2, 0.25) is 0 Å². The molecule has 1 aromatic rings. The normalized spacial score (nSPS) is 28.9. The monoisotopic (exact) mass is 217 g/mol. The van der Waals surface area contributed by atoms with Crippen molar-refractivity contribution in [1.29, 1.82) is 5.26 Å². The van der Waals surface area contributed by atoms with Crippen molar-refractivity contribution in [2.45, 2.75) is 32.2 Å². The molecule has 0 radical (unpaired) electrons. The van der Waals surface area contributed by atoms with Gasteiger partial charge in [0, 0.05) is 5.56 Å². The van der Waals surface area contributed by atoms with Gasteiger partial charge in [-0.15, -0.1) is 0 Å². The Morgan fingerprint density at radius 2 is 2.12 bits per heavy atom. The molecule has 1 aliphatic heterocycles. The smallest absolute Gasteiger partial charge is 0.192 e. The molecule has 0 aromatic heterocycles. The van der Waals surface area contributed by atoms with Crippen LogP contribution in [0.3, 0.4) is 0 Å². The van der Waals surface area contributed by atoms with Crippen molar-refractivity contribution < 1.29 is 9.47 Å². The summed E-state index contributed by atoms with van der Waals surface area (Å²) in [5.41, 5.74) is 2.21. The van der Waals surface area contributed by atoms with Crippen molar-refractivity contribution in [3.63, 3.8) is 0 Å². The number of rotatable bonds is 2. The summed E-state index contributed by atoms with van der Waals surface area (Å²) in [4.78, 5) is 0. The Hall–Kier alpha value is -1.37. The molecule has 0 N–H and O–H groups in total. The van der Waals surface area contributed by atoms with Crippen molar-refractivity contribution in [1.82, 2.24) is 0 Å². The number of hydrogen-bond acceptors (Lipinski definition) is 3. The second-order valence-corrected chi connectivity index (χ2v) is 4.22. The Labute approximate surface area is 95.6 Å². The maximum absolute atomic E-state index is 8.62. The minimum absolute atomic E-state index is 0.115. The summed E-state index contributed by atoms with van der Waals surface area (Å²) in [5, 5.41) is 8.62. The molecular weight excluding hydrogens is 202 g/mol. The number of ether oxygens (including phenoxy) is 2. The van der Waals surface area contributed by atoms with E-state index in [4.69, 9.17) is 14.7 Å². The van der Waals surface area contributed by atoms with Crippen LogP contribution in [0.2, 0.25) is 0 Å². The third-order valence-electron chi connectivity index (χ3n) is 2.83. The average molecular weight is 217 g/mol. The van der Waals surface area contributed by atoms with Crippen molar-refractivity contribution >= 4 is 0 Å². The lowest BCUT2D eigenvalue weighted by Gasteiger charge is -2.23. The lowest BCUT2D eigenvalue weighted by Crippen LogP contribution is -2.23. The second-order valence-electron chi connectivity index (χ2n) is 4.22. The molecule has 1 fully saturated rings. The van der Waals surface area contributed by atoms with Gasteiger partial charge in [0.25, 0.3) is 0 Å². The van der Waals surface area contributed by atoms with E-state index >= 15 is 0 Å². The molecule has 0 amide bonds. The molecule has 1 aliphatic rings. The summed E-state index contributed by atoms with van der Waals surface area (Å²) in [6, 6.07) is 10.2. The van der Waals surface area contributed by atoms with Crippen LogP contribution in [0.25, 0.3) is 0 Å². The van der Waals surface area contributed by atoms with E-state index in [1.165, 1.54) is 5.56 Å². The largest absolute Gasteiger partial charge is 0.343 e. The second kappa shape index (κ2) is 4.25. The fraction of sp³-hybridized carbons (Fsp3) is 0.462. The van der Waals surface area contributed by atoms with Crippen molar-refractivity contribution in [2.24, 2.45) is 0 Å². The Morgan fingerprint density at radius 3 is 2.75 bits per heavy atom. The highest BCUT2D eigenvalue weighted by atomic mass is 16.7. The summed E-state index contributed by atoms with van der Waals surface area (Å²) in [5.74, 6) is -0.699. The van der Waals surface area contributed by atoms with Gasteiger partial charge in [0.1, 0.15) is 0 Å². The summed E-state index contributed by atoms with van der Waals surface area (Å²) < 4.78 is 11.4. The maximum Gasteiger partial charge on any atom is 0.192 e. The van der Waals surface area contributed by atoms with Crippen LogP contribution in [0, 0.1) is 18.3 Å². The number of benzene rings is 1. The quantitative estimate of drug-likeness (QED) is 0.764. The molecular formula is C13H15NO2. The summed E-state index contributed by atoms with van der Waals surface area (Å²) in [6.45, 7) is 4.42. The zero-order valence-electron chi connectivity index (χ0n) is 9.56. The van der Waals surface area contributed by atoms with E-state index in [0.717, 1.165) is 5.56 Å². The van der Waals surface area contributed by atoms with Crippen LogP contribution in [-0.2, 0) is 15.3 Å². The zero-order valence-corrected chi connectivity index (χ0v) is 9.56. The Kier molecular flexibility index (Phi) is 2.95. The molecule has 2 rings (SSSR count). The Morgan fingerprint density at radius 1 is 1.44 bits per heavy atom. The number of nitriles is 1.